The van der Waals surface area contributed by atoms with Gasteiger partial charge in [-0.15, -0.1) is 0 Å². The van der Waals surface area contributed by atoms with Crippen LogP contribution >= 0.6 is 0 Å². The molecule has 0 N–H and O–H groups in total. The minimum atomic E-state index is -0.792. The Bertz CT molecular complexity index is 1160. The van der Waals surface area contributed by atoms with Crippen LogP contribution in [0.2, 0.25) is 0 Å². The van der Waals surface area contributed by atoms with E-state index in [0.29, 0.717) is 19.3 Å². The fourth-order valence-electron chi connectivity index (χ4n) is 6.83. The minimum Gasteiger partial charge on any atom is -0.462 e. The lowest BCUT2D eigenvalue weighted by Gasteiger charge is -2.18. The fourth-order valence-corrected chi connectivity index (χ4v) is 6.83. The Labute approximate surface area is 376 Å². The van der Waals surface area contributed by atoms with Gasteiger partial charge in [0.1, 0.15) is 13.2 Å². The molecule has 0 unspecified atom stereocenters. The van der Waals surface area contributed by atoms with Crippen LogP contribution in [-0.2, 0) is 28.6 Å². The highest BCUT2D eigenvalue weighted by molar-refractivity contribution is 5.71. The van der Waals surface area contributed by atoms with E-state index in [2.05, 4.69) is 93.7 Å². The topological polar surface area (TPSA) is 78.9 Å². The van der Waals surface area contributed by atoms with Crippen LogP contribution in [0.4, 0.5) is 0 Å². The van der Waals surface area contributed by atoms with Crippen LogP contribution in [0.3, 0.4) is 0 Å². The van der Waals surface area contributed by atoms with Crippen molar-refractivity contribution in [3.8, 4) is 0 Å². The van der Waals surface area contributed by atoms with Crippen LogP contribution in [-0.4, -0.2) is 37.2 Å². The third-order valence-electron chi connectivity index (χ3n) is 10.7. The lowest BCUT2D eigenvalue weighted by atomic mass is 10.1. The van der Waals surface area contributed by atoms with E-state index in [1.165, 1.54) is 70.6 Å². The number of hydrogen-bond acceptors (Lipinski definition) is 6. The molecule has 0 spiro atoms. The number of allylic oxidation sites excluding steroid dienone is 12. The molecule has 0 heterocycles. The molecule has 0 bridgehead atoms. The first-order valence-electron chi connectivity index (χ1n) is 25.4. The SMILES string of the molecule is CC/C=C\C/C=C\C/C=C\CCCCCCCC(=O)OC[C@H](COC(=O)CCCCCCC/C=C\CCCCCC)OC(=O)CCCCCCC/C=C\C/C=C\CCCCC. The maximum absolute atomic E-state index is 12.8. The standard InChI is InChI=1S/C55H94O6/c1-4-7-10-13-16-19-22-25-27-30-33-36-39-42-45-48-54(57)60-51-52(50-59-53(56)47-44-41-38-35-32-29-24-21-18-15-12-9-6-3)61-55(58)49-46-43-40-37-34-31-28-26-23-20-17-14-11-8-5-2/h7,10,16-17,19-21,24-28,52H,4-6,8-9,11-15,18,22-23,29-51H2,1-3H3/b10-7-,19-16-,20-17-,24-21-,27-25-,28-26-/t52-/m0/s1. The van der Waals surface area contributed by atoms with E-state index >= 15 is 0 Å². The van der Waals surface area contributed by atoms with Gasteiger partial charge in [0.25, 0.3) is 0 Å². The number of unbranched alkanes of at least 4 members (excludes halogenated alkanes) is 22. The first kappa shape index (κ1) is 57.9. The molecule has 0 fully saturated rings. The van der Waals surface area contributed by atoms with Crippen molar-refractivity contribution in [2.75, 3.05) is 13.2 Å². The average molecular weight is 851 g/mol. The van der Waals surface area contributed by atoms with Crippen molar-refractivity contribution in [2.24, 2.45) is 0 Å². The molecule has 0 aliphatic heterocycles. The van der Waals surface area contributed by atoms with E-state index in [9.17, 15) is 14.4 Å². The largest absolute Gasteiger partial charge is 0.462 e. The second-order valence-electron chi connectivity index (χ2n) is 16.7. The van der Waals surface area contributed by atoms with Gasteiger partial charge in [-0.25, -0.2) is 0 Å². The van der Waals surface area contributed by atoms with Crippen LogP contribution in [0.5, 0.6) is 0 Å². The molecular formula is C55H94O6. The molecule has 0 rings (SSSR count). The van der Waals surface area contributed by atoms with Crippen molar-refractivity contribution in [2.45, 2.75) is 245 Å². The van der Waals surface area contributed by atoms with Crippen LogP contribution in [0.25, 0.3) is 0 Å². The number of rotatable bonds is 45. The molecule has 0 saturated heterocycles. The Hall–Kier alpha value is -3.15. The first-order chi connectivity index (χ1) is 30.0. The van der Waals surface area contributed by atoms with Crippen molar-refractivity contribution < 1.29 is 28.6 Å². The van der Waals surface area contributed by atoms with E-state index in [1.54, 1.807) is 0 Å². The second-order valence-corrected chi connectivity index (χ2v) is 16.7. The summed E-state index contributed by atoms with van der Waals surface area (Å²) in [7, 11) is 0. The average Bonchev–Trinajstić information content (AvgIpc) is 3.26. The third kappa shape index (κ3) is 47.7. The van der Waals surface area contributed by atoms with Gasteiger partial charge < -0.3 is 14.2 Å². The lowest BCUT2D eigenvalue weighted by molar-refractivity contribution is -0.167. The Morgan fingerprint density at radius 1 is 0.344 bits per heavy atom. The molecular weight excluding hydrogens is 757 g/mol. The normalized spacial score (nSPS) is 12.6. The lowest BCUT2D eigenvalue weighted by Crippen LogP contribution is -2.30. The van der Waals surface area contributed by atoms with Gasteiger partial charge in [0.2, 0.25) is 0 Å². The Morgan fingerprint density at radius 3 is 1.05 bits per heavy atom. The molecule has 0 radical (unpaired) electrons. The number of hydrogen-bond donors (Lipinski definition) is 0. The van der Waals surface area contributed by atoms with E-state index in [4.69, 9.17) is 14.2 Å². The Kier molecular flexibility index (Phi) is 46.9. The highest BCUT2D eigenvalue weighted by Gasteiger charge is 2.19. The van der Waals surface area contributed by atoms with Crippen molar-refractivity contribution in [1.29, 1.82) is 0 Å². The Morgan fingerprint density at radius 2 is 0.639 bits per heavy atom. The van der Waals surface area contributed by atoms with Gasteiger partial charge in [0.05, 0.1) is 0 Å². The zero-order valence-corrected chi connectivity index (χ0v) is 39.9. The summed E-state index contributed by atoms with van der Waals surface area (Å²) in [6, 6.07) is 0. The number of carbonyl (C=O) groups is 3. The minimum absolute atomic E-state index is 0.0914. The number of carbonyl (C=O) groups excluding carboxylic acids is 3. The summed E-state index contributed by atoms with van der Waals surface area (Å²) in [5, 5.41) is 0. The van der Waals surface area contributed by atoms with Gasteiger partial charge in [-0.3, -0.25) is 14.4 Å². The van der Waals surface area contributed by atoms with Gasteiger partial charge in [-0.05, 0) is 109 Å². The van der Waals surface area contributed by atoms with Crippen molar-refractivity contribution in [3.63, 3.8) is 0 Å². The Balaban J connectivity index is 4.45. The van der Waals surface area contributed by atoms with Crippen molar-refractivity contribution in [1.82, 2.24) is 0 Å². The molecule has 0 saturated carbocycles. The summed E-state index contributed by atoms with van der Waals surface area (Å²) in [6.07, 6.45) is 61.6. The smallest absolute Gasteiger partial charge is 0.306 e. The van der Waals surface area contributed by atoms with Crippen molar-refractivity contribution in [3.05, 3.63) is 72.9 Å². The van der Waals surface area contributed by atoms with E-state index < -0.39 is 6.10 Å². The molecule has 0 aromatic rings. The molecule has 0 aromatic heterocycles. The first-order valence-corrected chi connectivity index (χ1v) is 25.4. The fraction of sp³-hybridized carbons (Fsp3) is 0.727. The summed E-state index contributed by atoms with van der Waals surface area (Å²) < 4.78 is 16.8. The highest BCUT2D eigenvalue weighted by atomic mass is 16.6. The molecule has 0 aliphatic carbocycles. The molecule has 6 heteroatoms. The van der Waals surface area contributed by atoms with Gasteiger partial charge in [-0.1, -0.05) is 184 Å². The van der Waals surface area contributed by atoms with E-state index in [1.807, 2.05) is 0 Å². The summed E-state index contributed by atoms with van der Waals surface area (Å²) >= 11 is 0. The maximum atomic E-state index is 12.8. The highest BCUT2D eigenvalue weighted by Crippen LogP contribution is 2.13. The molecule has 0 aliphatic rings. The van der Waals surface area contributed by atoms with Gasteiger partial charge >= 0.3 is 17.9 Å². The van der Waals surface area contributed by atoms with E-state index in [0.717, 1.165) is 128 Å². The zero-order valence-electron chi connectivity index (χ0n) is 39.9. The quantitative estimate of drug-likeness (QED) is 0.0263. The maximum Gasteiger partial charge on any atom is 0.306 e. The monoisotopic (exact) mass is 851 g/mol. The summed E-state index contributed by atoms with van der Waals surface area (Å²) in [6.45, 7) is 6.45. The predicted octanol–water partition coefficient (Wildman–Crippen LogP) is 16.6. The summed E-state index contributed by atoms with van der Waals surface area (Å²) in [4.78, 5) is 37.9. The summed E-state index contributed by atoms with van der Waals surface area (Å²) in [5.74, 6) is -0.931. The molecule has 350 valence electrons. The van der Waals surface area contributed by atoms with Crippen LogP contribution in [0.1, 0.15) is 239 Å². The summed E-state index contributed by atoms with van der Waals surface area (Å²) in [5.41, 5.74) is 0. The van der Waals surface area contributed by atoms with Gasteiger partial charge in [0, 0.05) is 19.3 Å². The molecule has 61 heavy (non-hydrogen) atoms. The third-order valence-corrected chi connectivity index (χ3v) is 10.7. The van der Waals surface area contributed by atoms with Crippen molar-refractivity contribution >= 4 is 17.9 Å². The second kappa shape index (κ2) is 49.5. The van der Waals surface area contributed by atoms with Gasteiger partial charge in [0.15, 0.2) is 6.10 Å². The zero-order chi connectivity index (χ0) is 44.4. The van der Waals surface area contributed by atoms with E-state index in [-0.39, 0.29) is 31.1 Å². The molecule has 6 nitrogen and oxygen atoms in total. The molecule has 0 amide bonds. The number of esters is 3. The van der Waals surface area contributed by atoms with Crippen LogP contribution in [0.15, 0.2) is 72.9 Å². The molecule has 1 atom stereocenters. The number of ether oxygens (including phenoxy) is 3. The molecule has 0 aromatic carbocycles. The van der Waals surface area contributed by atoms with Gasteiger partial charge in [-0.2, -0.15) is 0 Å². The predicted molar refractivity (Wildman–Crippen MR) is 261 cm³/mol. The van der Waals surface area contributed by atoms with Crippen LogP contribution < -0.4 is 0 Å². The van der Waals surface area contributed by atoms with Crippen LogP contribution in [0, 0.1) is 0 Å².